The molecule has 4 aromatic carbocycles. The fraction of sp³-hybridized carbons (Fsp3) is 0.143. The second-order valence-electron chi connectivity index (χ2n) is 8.08. The largest absolute Gasteiger partial charge is 0.483 e. The molecule has 1 nitrogen and oxygen atoms in total. The zero-order valence-corrected chi connectivity index (χ0v) is 19.5. The first kappa shape index (κ1) is 25.7. The van der Waals surface area contributed by atoms with Gasteiger partial charge in [-0.2, -0.15) is 26.3 Å². The number of hydrogen-bond donors (Lipinski definition) is 1. The average molecular weight is 519 g/mol. The molecule has 0 aliphatic carbocycles. The Morgan fingerprint density at radius 3 is 1.36 bits per heavy atom. The minimum Gasteiger partial charge on any atom is -0.483 e. The SMILES string of the molecule is FC(F)(F)COc1ccc(C(c2ccccc2)(c2ccccc2)c2ccccc2)c(C(F)(F)F)c1S. The molecule has 0 bridgehead atoms. The summed E-state index contributed by atoms with van der Waals surface area (Å²) in [5.74, 6) is -0.602. The summed E-state index contributed by atoms with van der Waals surface area (Å²) in [7, 11) is 0. The van der Waals surface area contributed by atoms with E-state index in [-0.39, 0.29) is 5.56 Å². The van der Waals surface area contributed by atoms with Crippen LogP contribution in [0.5, 0.6) is 5.75 Å². The molecule has 36 heavy (non-hydrogen) atoms. The minimum absolute atomic E-state index is 0.178. The molecule has 0 amide bonds. The third-order valence-corrected chi connectivity index (χ3v) is 6.28. The third-order valence-electron chi connectivity index (χ3n) is 5.84. The second-order valence-corrected chi connectivity index (χ2v) is 8.53. The Morgan fingerprint density at radius 2 is 1.00 bits per heavy atom. The van der Waals surface area contributed by atoms with E-state index < -0.39 is 40.6 Å². The summed E-state index contributed by atoms with van der Waals surface area (Å²) in [6.45, 7) is -1.74. The van der Waals surface area contributed by atoms with Crippen molar-refractivity contribution in [2.45, 2.75) is 22.7 Å². The summed E-state index contributed by atoms with van der Waals surface area (Å²) in [4.78, 5) is -0.712. The van der Waals surface area contributed by atoms with Gasteiger partial charge in [-0.25, -0.2) is 0 Å². The van der Waals surface area contributed by atoms with Crippen molar-refractivity contribution in [1.29, 1.82) is 0 Å². The van der Waals surface area contributed by atoms with Crippen LogP contribution in [0.2, 0.25) is 0 Å². The highest BCUT2D eigenvalue weighted by atomic mass is 32.1. The number of halogens is 6. The van der Waals surface area contributed by atoms with E-state index in [0.717, 1.165) is 6.07 Å². The highest BCUT2D eigenvalue weighted by Crippen LogP contribution is 2.52. The molecule has 186 valence electrons. The maximum atomic E-state index is 14.7. The quantitative estimate of drug-likeness (QED) is 0.153. The van der Waals surface area contributed by atoms with Crippen molar-refractivity contribution >= 4 is 12.6 Å². The molecule has 0 fully saturated rings. The Bertz CT molecular complexity index is 1210. The van der Waals surface area contributed by atoms with Gasteiger partial charge in [0.2, 0.25) is 0 Å². The fourth-order valence-electron chi connectivity index (χ4n) is 4.48. The highest BCUT2D eigenvalue weighted by molar-refractivity contribution is 7.80. The van der Waals surface area contributed by atoms with E-state index in [1.54, 1.807) is 91.0 Å². The lowest BCUT2D eigenvalue weighted by molar-refractivity contribution is -0.154. The minimum atomic E-state index is -4.95. The van der Waals surface area contributed by atoms with Gasteiger partial charge in [0.25, 0.3) is 0 Å². The first-order chi connectivity index (χ1) is 17.0. The van der Waals surface area contributed by atoms with Crippen molar-refractivity contribution in [2.75, 3.05) is 6.61 Å². The number of hydrogen-bond acceptors (Lipinski definition) is 2. The lowest BCUT2D eigenvalue weighted by Gasteiger charge is -2.39. The molecule has 0 aliphatic rings. The normalized spacial score (nSPS) is 12.4. The predicted molar refractivity (Wildman–Crippen MR) is 129 cm³/mol. The lowest BCUT2D eigenvalue weighted by atomic mass is 9.64. The van der Waals surface area contributed by atoms with Crippen LogP contribution < -0.4 is 4.74 Å². The van der Waals surface area contributed by atoms with Crippen LogP contribution in [0.1, 0.15) is 27.8 Å². The molecule has 0 atom stereocenters. The van der Waals surface area contributed by atoms with E-state index in [1.165, 1.54) is 6.07 Å². The Kier molecular flexibility index (Phi) is 7.09. The number of rotatable bonds is 6. The first-order valence-corrected chi connectivity index (χ1v) is 11.3. The predicted octanol–water partition coefficient (Wildman–Crippen LogP) is 8.32. The van der Waals surface area contributed by atoms with Gasteiger partial charge in [0, 0.05) is 0 Å². The van der Waals surface area contributed by atoms with Crippen LogP contribution in [0, 0.1) is 0 Å². The van der Waals surface area contributed by atoms with Crippen molar-refractivity contribution in [3.05, 3.63) is 131 Å². The fourth-order valence-corrected chi connectivity index (χ4v) is 4.86. The van der Waals surface area contributed by atoms with Gasteiger partial charge in [0.05, 0.1) is 15.9 Å². The Morgan fingerprint density at radius 1 is 0.583 bits per heavy atom. The van der Waals surface area contributed by atoms with Crippen LogP contribution >= 0.6 is 12.6 Å². The van der Waals surface area contributed by atoms with Crippen molar-refractivity contribution < 1.29 is 31.1 Å². The van der Waals surface area contributed by atoms with Crippen molar-refractivity contribution in [2.24, 2.45) is 0 Å². The molecule has 0 aliphatic heterocycles. The van der Waals surface area contributed by atoms with Gasteiger partial charge >= 0.3 is 12.4 Å². The molecule has 0 spiro atoms. The molecule has 0 heterocycles. The molecular weight excluding hydrogens is 498 g/mol. The summed E-state index contributed by atoms with van der Waals surface area (Å²) in [6, 6.07) is 28.3. The van der Waals surface area contributed by atoms with Gasteiger partial charge in [-0.1, -0.05) is 97.1 Å². The van der Waals surface area contributed by atoms with Crippen LogP contribution in [-0.2, 0) is 11.6 Å². The van der Waals surface area contributed by atoms with Gasteiger partial charge in [-0.15, -0.1) is 12.6 Å². The monoisotopic (exact) mass is 518 g/mol. The molecule has 4 rings (SSSR count). The second kappa shape index (κ2) is 9.93. The van der Waals surface area contributed by atoms with Crippen LogP contribution in [0.4, 0.5) is 26.3 Å². The summed E-state index contributed by atoms with van der Waals surface area (Å²) < 4.78 is 87.2. The maximum Gasteiger partial charge on any atom is 0.422 e. The van der Waals surface area contributed by atoms with E-state index in [9.17, 15) is 26.3 Å². The van der Waals surface area contributed by atoms with Crippen LogP contribution in [0.15, 0.2) is 108 Å². The van der Waals surface area contributed by atoms with Crippen molar-refractivity contribution in [3.63, 3.8) is 0 Å². The number of alkyl halides is 6. The lowest BCUT2D eigenvalue weighted by Crippen LogP contribution is -2.34. The standard InChI is InChI=1S/C28H20F6OS/c29-26(30,31)18-35-23-17-16-22(24(25(23)36)28(32,33)34)27(19-10-4-1-5-11-19,20-12-6-2-7-13-20)21-14-8-3-9-15-21/h1-17,36H,18H2. The first-order valence-electron chi connectivity index (χ1n) is 10.8. The number of ether oxygens (including phenoxy) is 1. The molecule has 0 unspecified atom stereocenters. The smallest absolute Gasteiger partial charge is 0.422 e. The molecule has 0 N–H and O–H groups in total. The van der Waals surface area contributed by atoms with Crippen LogP contribution in [0.3, 0.4) is 0 Å². The summed E-state index contributed by atoms with van der Waals surface area (Å²) in [5.41, 5.74) is -1.17. The average Bonchev–Trinajstić information content (AvgIpc) is 2.85. The van der Waals surface area contributed by atoms with Gasteiger partial charge in [-0.3, -0.25) is 0 Å². The summed E-state index contributed by atoms with van der Waals surface area (Å²) in [6.07, 6.45) is -9.67. The highest BCUT2D eigenvalue weighted by Gasteiger charge is 2.47. The zero-order valence-electron chi connectivity index (χ0n) is 18.6. The van der Waals surface area contributed by atoms with Gasteiger partial charge in [0.15, 0.2) is 6.61 Å². The Balaban J connectivity index is 2.13. The van der Waals surface area contributed by atoms with Crippen LogP contribution in [-0.4, -0.2) is 12.8 Å². The molecule has 0 saturated heterocycles. The number of benzene rings is 4. The zero-order chi connectivity index (χ0) is 26.0. The van der Waals surface area contributed by atoms with E-state index in [2.05, 4.69) is 12.6 Å². The van der Waals surface area contributed by atoms with Gasteiger partial charge in [0.1, 0.15) is 5.75 Å². The van der Waals surface area contributed by atoms with Gasteiger partial charge in [-0.05, 0) is 28.3 Å². The molecule has 8 heteroatoms. The molecule has 4 aromatic rings. The molecular formula is C28H20F6OS. The van der Waals surface area contributed by atoms with Crippen molar-refractivity contribution in [1.82, 2.24) is 0 Å². The van der Waals surface area contributed by atoms with E-state index in [0.29, 0.717) is 16.7 Å². The molecule has 0 aromatic heterocycles. The Hall–Kier alpha value is -3.39. The third kappa shape index (κ3) is 4.95. The Labute approximate surface area is 209 Å². The van der Waals surface area contributed by atoms with Crippen molar-refractivity contribution in [3.8, 4) is 5.75 Å². The van der Waals surface area contributed by atoms with E-state index in [4.69, 9.17) is 4.74 Å². The number of thiol groups is 1. The van der Waals surface area contributed by atoms with Crippen LogP contribution in [0.25, 0.3) is 0 Å². The molecule has 0 radical (unpaired) electrons. The van der Waals surface area contributed by atoms with E-state index >= 15 is 0 Å². The summed E-state index contributed by atoms with van der Waals surface area (Å²) >= 11 is 4.06. The van der Waals surface area contributed by atoms with E-state index in [1.807, 2.05) is 0 Å². The van der Waals surface area contributed by atoms with Gasteiger partial charge < -0.3 is 4.74 Å². The molecule has 0 saturated carbocycles. The maximum absolute atomic E-state index is 14.7. The summed E-state index contributed by atoms with van der Waals surface area (Å²) in [5, 5.41) is 0. The topological polar surface area (TPSA) is 9.23 Å².